The largest absolute Gasteiger partial charge is 0.367 e. The number of rotatable bonds is 2. The highest BCUT2D eigenvalue weighted by Gasteiger charge is 2.25. The van der Waals surface area contributed by atoms with Crippen LogP contribution < -0.4 is 10.6 Å². The lowest BCUT2D eigenvalue weighted by Gasteiger charge is -2.36. The maximum absolute atomic E-state index is 14.3. The van der Waals surface area contributed by atoms with Gasteiger partial charge in [-0.25, -0.2) is 4.39 Å². The number of benzene rings is 1. The second-order valence-electron chi connectivity index (χ2n) is 4.74. The molecule has 1 aromatic carbocycles. The Morgan fingerprint density at radius 3 is 2.56 bits per heavy atom. The molecule has 1 saturated heterocycles. The van der Waals surface area contributed by atoms with Crippen molar-refractivity contribution in [1.29, 1.82) is 0 Å². The summed E-state index contributed by atoms with van der Waals surface area (Å²) in [6.45, 7) is 6.50. The molecule has 0 bridgehead atoms. The van der Waals surface area contributed by atoms with E-state index in [-0.39, 0.29) is 5.82 Å². The summed E-state index contributed by atoms with van der Waals surface area (Å²) >= 11 is 5.26. The Kier molecular flexibility index (Phi) is 4.56. The zero-order valence-electron chi connectivity index (χ0n) is 10.6. The summed E-state index contributed by atoms with van der Waals surface area (Å²) in [6, 6.07) is 3.75. The molecule has 0 amide bonds. The van der Waals surface area contributed by atoms with Crippen molar-refractivity contribution >= 4 is 33.4 Å². The molecule has 2 rings (SSSR count). The van der Waals surface area contributed by atoms with Gasteiger partial charge in [0, 0.05) is 30.1 Å². The quantitative estimate of drug-likeness (QED) is 0.900. The molecule has 0 aromatic heterocycles. The van der Waals surface area contributed by atoms with E-state index in [1.54, 1.807) is 0 Å². The number of halogens is 2. The monoisotopic (exact) mass is 332 g/mol. The van der Waals surface area contributed by atoms with E-state index in [4.69, 9.17) is 5.73 Å². The van der Waals surface area contributed by atoms with Crippen LogP contribution in [0.2, 0.25) is 0 Å². The molecule has 18 heavy (non-hydrogen) atoms. The van der Waals surface area contributed by atoms with Gasteiger partial charge in [-0.2, -0.15) is 11.8 Å². The molecule has 1 heterocycles. The van der Waals surface area contributed by atoms with Gasteiger partial charge in [0.05, 0.1) is 10.2 Å². The predicted octanol–water partition coefficient (Wildman–Crippen LogP) is 3.38. The van der Waals surface area contributed by atoms with Crippen LogP contribution in [0, 0.1) is 5.82 Å². The van der Waals surface area contributed by atoms with E-state index in [1.165, 1.54) is 0 Å². The molecular weight excluding hydrogens is 315 g/mol. The second kappa shape index (κ2) is 5.80. The van der Waals surface area contributed by atoms with Crippen LogP contribution in [0.3, 0.4) is 0 Å². The van der Waals surface area contributed by atoms with Crippen LogP contribution >= 0.6 is 27.7 Å². The van der Waals surface area contributed by atoms with E-state index in [1.807, 2.05) is 23.9 Å². The lowest BCUT2D eigenvalue weighted by molar-refractivity contribution is 0.603. The van der Waals surface area contributed by atoms with Crippen LogP contribution in [0.1, 0.15) is 19.4 Å². The van der Waals surface area contributed by atoms with Crippen LogP contribution in [0.25, 0.3) is 0 Å². The Morgan fingerprint density at radius 2 is 2.00 bits per heavy atom. The summed E-state index contributed by atoms with van der Waals surface area (Å²) in [5.41, 5.74) is 7.07. The van der Waals surface area contributed by atoms with Crippen LogP contribution in [-0.2, 0) is 6.54 Å². The zero-order chi connectivity index (χ0) is 13.3. The molecule has 1 aliphatic rings. The first kappa shape index (κ1) is 14.2. The molecular formula is C13H18BrFN2S. The number of hydrogen-bond donors (Lipinski definition) is 1. The van der Waals surface area contributed by atoms with E-state index in [0.717, 1.165) is 18.7 Å². The van der Waals surface area contributed by atoms with E-state index in [9.17, 15) is 4.39 Å². The summed E-state index contributed by atoms with van der Waals surface area (Å²) in [4.78, 5) is 2.13. The Balaban J connectivity index is 2.30. The first-order valence-electron chi connectivity index (χ1n) is 6.10. The predicted molar refractivity (Wildman–Crippen MR) is 80.7 cm³/mol. The minimum atomic E-state index is -0.191. The van der Waals surface area contributed by atoms with Crippen molar-refractivity contribution < 1.29 is 4.39 Å². The Bertz CT molecular complexity index is 431. The SMILES string of the molecule is CC1CN(c2ccc(CN)c(Br)c2F)CC(C)S1. The average molecular weight is 333 g/mol. The lowest BCUT2D eigenvalue weighted by atomic mass is 10.1. The smallest absolute Gasteiger partial charge is 0.160 e. The van der Waals surface area contributed by atoms with Gasteiger partial charge in [-0.3, -0.25) is 0 Å². The van der Waals surface area contributed by atoms with Crippen molar-refractivity contribution in [3.63, 3.8) is 0 Å². The van der Waals surface area contributed by atoms with Gasteiger partial charge < -0.3 is 10.6 Å². The van der Waals surface area contributed by atoms with Crippen molar-refractivity contribution in [2.24, 2.45) is 5.73 Å². The van der Waals surface area contributed by atoms with Crippen molar-refractivity contribution in [1.82, 2.24) is 0 Å². The van der Waals surface area contributed by atoms with Crippen molar-refractivity contribution in [3.05, 3.63) is 28.0 Å². The highest BCUT2D eigenvalue weighted by molar-refractivity contribution is 9.10. The molecule has 0 spiro atoms. The van der Waals surface area contributed by atoms with Crippen molar-refractivity contribution in [2.75, 3.05) is 18.0 Å². The van der Waals surface area contributed by atoms with E-state index in [0.29, 0.717) is 27.2 Å². The number of hydrogen-bond acceptors (Lipinski definition) is 3. The molecule has 1 aliphatic heterocycles. The van der Waals surface area contributed by atoms with Crippen molar-refractivity contribution in [3.8, 4) is 0 Å². The third kappa shape index (κ3) is 2.83. The van der Waals surface area contributed by atoms with Crippen LogP contribution in [0.15, 0.2) is 16.6 Å². The average Bonchev–Trinajstić information content (AvgIpc) is 2.31. The molecule has 0 saturated carbocycles. The highest BCUT2D eigenvalue weighted by atomic mass is 79.9. The molecule has 2 atom stereocenters. The Labute approximate surface area is 120 Å². The summed E-state index contributed by atoms with van der Waals surface area (Å²) in [7, 11) is 0. The molecule has 2 nitrogen and oxygen atoms in total. The fraction of sp³-hybridized carbons (Fsp3) is 0.538. The Hall–Kier alpha value is -0.260. The molecule has 0 aliphatic carbocycles. The van der Waals surface area contributed by atoms with Crippen LogP contribution in [-0.4, -0.2) is 23.6 Å². The highest BCUT2D eigenvalue weighted by Crippen LogP contribution is 2.33. The van der Waals surface area contributed by atoms with Crippen LogP contribution in [0.4, 0.5) is 10.1 Å². The summed E-state index contributed by atoms with van der Waals surface area (Å²) in [6.07, 6.45) is 0. The molecule has 0 radical (unpaired) electrons. The van der Waals surface area contributed by atoms with Crippen molar-refractivity contribution in [2.45, 2.75) is 30.9 Å². The maximum atomic E-state index is 14.3. The minimum absolute atomic E-state index is 0.191. The molecule has 1 aromatic rings. The van der Waals surface area contributed by atoms with E-state index in [2.05, 4.69) is 34.7 Å². The number of anilines is 1. The number of nitrogens with two attached hydrogens (primary N) is 1. The van der Waals surface area contributed by atoms with Crippen LogP contribution in [0.5, 0.6) is 0 Å². The van der Waals surface area contributed by atoms with Gasteiger partial charge in [0.1, 0.15) is 0 Å². The first-order valence-corrected chi connectivity index (χ1v) is 7.83. The Morgan fingerprint density at radius 1 is 1.39 bits per heavy atom. The molecule has 2 N–H and O–H groups in total. The molecule has 5 heteroatoms. The van der Waals surface area contributed by atoms with Gasteiger partial charge in [0.15, 0.2) is 5.82 Å². The molecule has 100 valence electrons. The number of nitrogens with zero attached hydrogens (tertiary/aromatic N) is 1. The number of thioether (sulfide) groups is 1. The van der Waals surface area contributed by atoms with Gasteiger partial charge in [0.25, 0.3) is 0 Å². The minimum Gasteiger partial charge on any atom is -0.367 e. The summed E-state index contributed by atoms with van der Waals surface area (Å²) in [5, 5.41) is 1.06. The normalized spacial score (nSPS) is 24.4. The summed E-state index contributed by atoms with van der Waals surface area (Å²) < 4.78 is 14.8. The standard InChI is InChI=1S/C13H18BrFN2S/c1-8-6-17(7-9(2)18-8)11-4-3-10(5-16)12(14)13(11)15/h3-4,8-9H,5-7,16H2,1-2H3. The zero-order valence-corrected chi connectivity index (χ0v) is 13.0. The van der Waals surface area contributed by atoms with E-state index >= 15 is 0 Å². The van der Waals surface area contributed by atoms with Gasteiger partial charge in [-0.15, -0.1) is 0 Å². The third-order valence-corrected chi connectivity index (χ3v) is 5.21. The fourth-order valence-corrected chi connectivity index (χ4v) is 4.18. The maximum Gasteiger partial charge on any atom is 0.160 e. The third-order valence-electron chi connectivity index (χ3n) is 3.12. The lowest BCUT2D eigenvalue weighted by Crippen LogP contribution is -2.40. The summed E-state index contributed by atoms with van der Waals surface area (Å²) in [5.74, 6) is -0.191. The van der Waals surface area contributed by atoms with E-state index < -0.39 is 0 Å². The fourth-order valence-electron chi connectivity index (χ4n) is 2.36. The molecule has 1 fully saturated rings. The topological polar surface area (TPSA) is 29.3 Å². The first-order chi connectivity index (χ1) is 8.52. The van der Waals surface area contributed by atoms with Gasteiger partial charge >= 0.3 is 0 Å². The molecule has 2 unspecified atom stereocenters. The second-order valence-corrected chi connectivity index (χ2v) is 7.41. The van der Waals surface area contributed by atoms with Gasteiger partial charge in [0.2, 0.25) is 0 Å². The van der Waals surface area contributed by atoms with Gasteiger partial charge in [-0.1, -0.05) is 19.9 Å². The van der Waals surface area contributed by atoms with Gasteiger partial charge in [-0.05, 0) is 27.6 Å².